The minimum Gasteiger partial charge on any atom is -0.497 e. The van der Waals surface area contributed by atoms with Crippen LogP contribution in [0.4, 0.5) is 45.2 Å². The molecule has 0 N–H and O–H groups in total. The van der Waals surface area contributed by atoms with Gasteiger partial charge in [0.2, 0.25) is 34.6 Å². The van der Waals surface area contributed by atoms with Gasteiger partial charge in [0.15, 0.2) is 23.1 Å². The third kappa shape index (κ3) is 15.1. The molecule has 12 nitrogen and oxygen atoms in total. The van der Waals surface area contributed by atoms with Crippen LogP contribution in [0, 0.1) is 18.8 Å². The summed E-state index contributed by atoms with van der Waals surface area (Å²) in [5.74, 6) is -9.67. The van der Waals surface area contributed by atoms with E-state index in [2.05, 4.69) is 9.47 Å². The van der Waals surface area contributed by atoms with Gasteiger partial charge in [-0.1, -0.05) is 60.7 Å². The van der Waals surface area contributed by atoms with Gasteiger partial charge in [-0.2, -0.15) is 22.0 Å². The van der Waals surface area contributed by atoms with E-state index < -0.39 is 101 Å². The van der Waals surface area contributed by atoms with Crippen molar-refractivity contribution >= 4 is 50.9 Å². The maximum Gasteiger partial charge on any atom is 0.573 e. The molecular formula is C56H40F9I2NO11. The Morgan fingerprint density at radius 1 is 0.468 bits per heavy atom. The molecule has 0 bridgehead atoms. The molecule has 0 spiro atoms. The van der Waals surface area contributed by atoms with Crippen LogP contribution in [0.3, 0.4) is 0 Å². The number of ether oxygens (including phenoxy) is 10. The number of alkyl halides is 7. The zero-order valence-corrected chi connectivity index (χ0v) is 45.6. The molecule has 8 rings (SSSR count). The minimum absolute atomic E-state index is 0.0512. The molecule has 0 amide bonds. The van der Waals surface area contributed by atoms with Crippen molar-refractivity contribution in [2.45, 2.75) is 39.5 Å². The van der Waals surface area contributed by atoms with Crippen LogP contribution in [0.2, 0.25) is 0 Å². The number of rotatable bonds is 22. The monoisotopic (exact) mass is 1330 g/mol. The molecule has 0 aromatic heterocycles. The van der Waals surface area contributed by atoms with Gasteiger partial charge in [0.25, 0.3) is 0 Å². The molecule has 0 saturated carbocycles. The Balaban J connectivity index is 1.41. The number of anilines is 1. The highest BCUT2D eigenvalue weighted by Crippen LogP contribution is 2.57. The van der Waals surface area contributed by atoms with Gasteiger partial charge in [0, 0.05) is 40.9 Å². The summed E-state index contributed by atoms with van der Waals surface area (Å²) in [7, 11) is 2.82. The van der Waals surface area contributed by atoms with E-state index >= 15 is 8.78 Å². The van der Waals surface area contributed by atoms with Crippen LogP contribution in [-0.2, 0) is 0 Å². The molecule has 0 unspecified atom stereocenters. The largest absolute Gasteiger partial charge is 0.573 e. The average molecular weight is 1330 g/mol. The Morgan fingerprint density at radius 3 is 1.65 bits per heavy atom. The van der Waals surface area contributed by atoms with Gasteiger partial charge >= 0.3 is 19.6 Å². The van der Waals surface area contributed by atoms with Gasteiger partial charge < -0.3 is 52.2 Å². The number of nitrogens with zero attached hydrogens (tertiary/aromatic N) is 1. The first-order valence-corrected chi connectivity index (χ1v) is 25.2. The lowest BCUT2D eigenvalue weighted by Gasteiger charge is -2.26. The van der Waals surface area contributed by atoms with Crippen molar-refractivity contribution in [1.82, 2.24) is 0 Å². The molecule has 8 aromatic carbocycles. The fourth-order valence-electron chi connectivity index (χ4n) is 7.31. The molecule has 23 heteroatoms. The van der Waals surface area contributed by atoms with Gasteiger partial charge in [-0.15, -0.1) is 13.2 Å². The van der Waals surface area contributed by atoms with Crippen LogP contribution in [0.25, 0.3) is 11.1 Å². The fraction of sp³-hybridized carbons (Fsp3) is 0.143. The van der Waals surface area contributed by atoms with Crippen LogP contribution in [0.5, 0.6) is 92.0 Å². The molecule has 0 aliphatic heterocycles. The zero-order valence-electron chi connectivity index (χ0n) is 41.3. The molecule has 0 aliphatic rings. The quantitative estimate of drug-likeness (QED) is 0.0367. The summed E-state index contributed by atoms with van der Waals surface area (Å²) in [6.45, 7) is -3.35. The fourth-order valence-corrected chi connectivity index (χ4v) is 8.63. The summed E-state index contributed by atoms with van der Waals surface area (Å²) in [6.07, 6.45) is -5.95. The standard InChI is InChI=1S/C56H40F9I2NO11/c1-30(2)70-52-47(71-35-17-11-19-37(25-35)75-54(59)60)43(57)29-44(48(52)73-42-24-33(66)23-39(27-42)69-4)77-51-46(67)49(74-40-21-32(31-13-7-5-8-14-31)22-41(28-40)76-55(61)62)45(58)50(53(51)79-68(3)34-15-9-6-10-16-34)72-36-18-12-20-38(26-36)78-56(63,64)65/h5-30,54-55H,1-4H3. The van der Waals surface area contributed by atoms with Crippen LogP contribution in [0.15, 0.2) is 152 Å². The van der Waals surface area contributed by atoms with Crippen LogP contribution >= 0.6 is 45.2 Å². The van der Waals surface area contributed by atoms with Crippen LogP contribution in [0.1, 0.15) is 13.8 Å². The predicted molar refractivity (Wildman–Crippen MR) is 288 cm³/mol. The van der Waals surface area contributed by atoms with Crippen LogP contribution < -0.4 is 57.3 Å². The number of hydrogen-bond acceptors (Lipinski definition) is 12. The Bertz CT molecular complexity index is 3420. The zero-order chi connectivity index (χ0) is 56.5. The second kappa shape index (κ2) is 25.3. The van der Waals surface area contributed by atoms with E-state index in [1.807, 2.05) is 22.6 Å². The molecule has 79 heavy (non-hydrogen) atoms. The lowest BCUT2D eigenvalue weighted by atomic mass is 10.1. The Morgan fingerprint density at radius 2 is 1.00 bits per heavy atom. The van der Waals surface area contributed by atoms with Crippen molar-refractivity contribution in [3.63, 3.8) is 0 Å². The Hall–Kier alpha value is -7.81. The molecule has 0 radical (unpaired) electrons. The highest BCUT2D eigenvalue weighted by Gasteiger charge is 2.36. The van der Waals surface area contributed by atoms with Crippen LogP contribution in [-0.4, -0.2) is 39.8 Å². The molecule has 0 fully saturated rings. The minimum atomic E-state index is -5.16. The summed E-state index contributed by atoms with van der Waals surface area (Å²) in [6, 6.07) is 34.8. The van der Waals surface area contributed by atoms with Gasteiger partial charge in [0.05, 0.1) is 18.9 Å². The third-order valence-corrected chi connectivity index (χ3v) is 12.1. The lowest BCUT2D eigenvalue weighted by molar-refractivity contribution is -0.274. The first-order chi connectivity index (χ1) is 37.7. The summed E-state index contributed by atoms with van der Waals surface area (Å²) >= 11 is 3.63. The lowest BCUT2D eigenvalue weighted by Crippen LogP contribution is -2.22. The van der Waals surface area contributed by atoms with Crippen molar-refractivity contribution in [1.29, 1.82) is 0 Å². The van der Waals surface area contributed by atoms with Crippen molar-refractivity contribution in [2.24, 2.45) is 0 Å². The highest BCUT2D eigenvalue weighted by molar-refractivity contribution is 14.1. The second-order valence-corrected chi connectivity index (χ2v) is 18.9. The molecular weight excluding hydrogens is 1290 g/mol. The molecule has 0 atom stereocenters. The average Bonchev–Trinajstić information content (AvgIpc) is 3.52. The number of benzene rings is 8. The predicted octanol–water partition coefficient (Wildman–Crippen LogP) is 18.1. The normalized spacial score (nSPS) is 11.3. The number of hydrogen-bond donors (Lipinski definition) is 0. The summed E-state index contributed by atoms with van der Waals surface area (Å²) in [5, 5.41) is 1.15. The molecule has 8 aromatic rings. The number of para-hydroxylation sites is 1. The van der Waals surface area contributed by atoms with Gasteiger partial charge in [-0.25, -0.2) is 9.45 Å². The van der Waals surface area contributed by atoms with Gasteiger partial charge in [-0.3, -0.25) is 0 Å². The smallest absolute Gasteiger partial charge is 0.497 e. The number of hydroxylamine groups is 1. The van der Waals surface area contributed by atoms with Crippen molar-refractivity contribution in [2.75, 3.05) is 19.2 Å². The van der Waals surface area contributed by atoms with Crippen molar-refractivity contribution in [3.8, 4) is 103 Å². The Kier molecular flexibility index (Phi) is 18.4. The SMILES string of the molecule is COc1cc(I)cc(Oc2c(Oc3c(I)c(Oc4cc(OC(F)F)cc(-c5ccccc5)c4)c(F)c(Oc4cccc(OC(F)(F)F)c4)c3ON(C)c3ccccc3)cc(F)c(Oc3cccc(OC(F)F)c3)c2OC(C)C)c1. The molecule has 0 aliphatic carbocycles. The van der Waals surface area contributed by atoms with E-state index in [0.29, 0.717) is 20.6 Å². The maximum absolute atomic E-state index is 18.0. The summed E-state index contributed by atoms with van der Waals surface area (Å²) in [4.78, 5) is 6.39. The molecule has 0 heterocycles. The first kappa shape index (κ1) is 57.4. The van der Waals surface area contributed by atoms with Gasteiger partial charge in [0.1, 0.15) is 49.6 Å². The second-order valence-electron chi connectivity index (χ2n) is 16.5. The van der Waals surface area contributed by atoms with Crippen molar-refractivity contribution in [3.05, 3.63) is 170 Å². The van der Waals surface area contributed by atoms with Crippen molar-refractivity contribution < 1.29 is 91.7 Å². The number of methoxy groups -OCH3 is 1. The molecule has 412 valence electrons. The van der Waals surface area contributed by atoms with E-state index in [0.717, 1.165) is 41.5 Å². The maximum atomic E-state index is 18.0. The van der Waals surface area contributed by atoms with E-state index in [-0.39, 0.29) is 32.1 Å². The highest BCUT2D eigenvalue weighted by atomic mass is 127. The first-order valence-electron chi connectivity index (χ1n) is 23.0. The van der Waals surface area contributed by atoms with E-state index in [4.69, 9.17) is 42.7 Å². The van der Waals surface area contributed by atoms with E-state index in [1.165, 1.54) is 56.6 Å². The van der Waals surface area contributed by atoms with Gasteiger partial charge in [-0.05, 0) is 131 Å². The van der Waals surface area contributed by atoms with E-state index in [1.54, 1.807) is 109 Å². The number of halogens is 11. The summed E-state index contributed by atoms with van der Waals surface area (Å²) in [5.41, 5.74) is 1.13. The topological polar surface area (TPSA) is 105 Å². The Labute approximate surface area is 472 Å². The van der Waals surface area contributed by atoms with E-state index in [9.17, 15) is 30.7 Å². The summed E-state index contributed by atoms with van der Waals surface area (Å²) < 4.78 is 187. The third-order valence-electron chi connectivity index (χ3n) is 10.5. The molecule has 0 saturated heterocycles.